The largest absolute Gasteiger partial charge is 0.326 e. The molecule has 0 saturated carbocycles. The lowest BCUT2D eigenvalue weighted by Gasteiger charge is -2.23. The lowest BCUT2D eigenvalue weighted by atomic mass is 10.00. The Bertz CT molecular complexity index is 798. The Kier molecular flexibility index (Phi) is 5.81. The van der Waals surface area contributed by atoms with Crippen LogP contribution in [0.15, 0.2) is 60.7 Å². The molecule has 134 valence electrons. The fraction of sp³-hybridized carbons (Fsp3) is 0.238. The van der Waals surface area contributed by atoms with Crippen molar-refractivity contribution in [2.24, 2.45) is 0 Å². The van der Waals surface area contributed by atoms with Crippen LogP contribution in [0, 0.1) is 0 Å². The van der Waals surface area contributed by atoms with Crippen LogP contribution in [0.4, 0.5) is 11.4 Å². The predicted molar refractivity (Wildman–Crippen MR) is 104 cm³/mol. The van der Waals surface area contributed by atoms with E-state index in [4.69, 9.17) is 0 Å². The number of carbonyl (C=O) groups excluding carboxylic acids is 2. The zero-order valence-electron chi connectivity index (χ0n) is 14.9. The molecule has 1 aliphatic rings. The standard InChI is InChI=1S/C21H23N3O2/c1-16(25)22-19-7-9-20(10-8-19)23-21(26)15-24-13-11-18(12-14-24)17-5-3-2-4-6-17/h2-11H,12-15H2,1H3,(H,22,25)(H,23,26)/p+1. The van der Waals surface area contributed by atoms with Crippen LogP contribution in [0.5, 0.6) is 0 Å². The molecule has 26 heavy (non-hydrogen) atoms. The molecule has 1 atom stereocenters. The third kappa shape index (κ3) is 5.04. The Morgan fingerprint density at radius 3 is 2.19 bits per heavy atom. The van der Waals surface area contributed by atoms with Crippen molar-refractivity contribution in [1.82, 2.24) is 0 Å². The van der Waals surface area contributed by atoms with Crippen LogP contribution < -0.4 is 15.5 Å². The van der Waals surface area contributed by atoms with Crippen molar-refractivity contribution >= 4 is 28.8 Å². The van der Waals surface area contributed by atoms with Gasteiger partial charge >= 0.3 is 0 Å². The van der Waals surface area contributed by atoms with Crippen molar-refractivity contribution in [1.29, 1.82) is 0 Å². The number of quaternary nitrogens is 1. The second-order valence-electron chi connectivity index (χ2n) is 6.53. The number of rotatable bonds is 5. The highest BCUT2D eigenvalue weighted by atomic mass is 16.2. The van der Waals surface area contributed by atoms with Gasteiger partial charge in [0.25, 0.3) is 5.91 Å². The minimum atomic E-state index is -0.113. The Balaban J connectivity index is 1.50. The molecule has 3 rings (SSSR count). The molecule has 0 aliphatic carbocycles. The third-order valence-corrected chi connectivity index (χ3v) is 4.43. The van der Waals surface area contributed by atoms with E-state index in [0.717, 1.165) is 30.9 Å². The van der Waals surface area contributed by atoms with Gasteiger partial charge in [-0.3, -0.25) is 9.59 Å². The first kappa shape index (κ1) is 17.9. The molecule has 0 fully saturated rings. The minimum absolute atomic E-state index is 0.00355. The maximum Gasteiger partial charge on any atom is 0.279 e. The van der Waals surface area contributed by atoms with E-state index in [1.165, 1.54) is 23.0 Å². The number of carbonyl (C=O) groups is 2. The molecule has 0 spiro atoms. The fourth-order valence-corrected chi connectivity index (χ4v) is 3.13. The van der Waals surface area contributed by atoms with E-state index in [1.54, 1.807) is 24.3 Å². The SMILES string of the molecule is CC(=O)Nc1ccc(NC(=O)C[NH+]2CC=C(c3ccccc3)CC2)cc1. The van der Waals surface area contributed by atoms with Crippen molar-refractivity contribution in [3.05, 3.63) is 66.2 Å². The number of benzene rings is 2. The number of amides is 2. The summed E-state index contributed by atoms with van der Waals surface area (Å²) >= 11 is 0. The molecule has 2 aromatic carbocycles. The van der Waals surface area contributed by atoms with Gasteiger partial charge in [0.15, 0.2) is 6.54 Å². The van der Waals surface area contributed by atoms with Crippen molar-refractivity contribution < 1.29 is 14.5 Å². The van der Waals surface area contributed by atoms with Crippen molar-refractivity contribution in [2.75, 3.05) is 30.3 Å². The third-order valence-electron chi connectivity index (χ3n) is 4.43. The summed E-state index contributed by atoms with van der Waals surface area (Å²) in [5.74, 6) is -0.109. The number of nitrogens with one attached hydrogen (secondary N) is 3. The second kappa shape index (κ2) is 8.45. The van der Waals surface area contributed by atoms with Gasteiger partial charge in [-0.25, -0.2) is 0 Å². The molecule has 2 aromatic rings. The van der Waals surface area contributed by atoms with Gasteiger partial charge in [-0.2, -0.15) is 0 Å². The van der Waals surface area contributed by atoms with E-state index >= 15 is 0 Å². The van der Waals surface area contributed by atoms with E-state index in [0.29, 0.717) is 6.54 Å². The lowest BCUT2D eigenvalue weighted by molar-refractivity contribution is -0.886. The summed E-state index contributed by atoms with van der Waals surface area (Å²) in [5, 5.41) is 5.63. The Morgan fingerprint density at radius 1 is 0.962 bits per heavy atom. The first-order chi connectivity index (χ1) is 12.6. The second-order valence-corrected chi connectivity index (χ2v) is 6.53. The molecule has 0 aromatic heterocycles. The van der Waals surface area contributed by atoms with Gasteiger partial charge in [0.05, 0.1) is 13.1 Å². The summed E-state index contributed by atoms with van der Waals surface area (Å²) in [5.41, 5.74) is 4.09. The van der Waals surface area contributed by atoms with Crippen LogP contribution in [-0.2, 0) is 9.59 Å². The van der Waals surface area contributed by atoms with Gasteiger partial charge in [-0.05, 0) is 41.5 Å². The topological polar surface area (TPSA) is 62.6 Å². The number of hydrogen-bond donors (Lipinski definition) is 3. The quantitative estimate of drug-likeness (QED) is 0.772. The Morgan fingerprint density at radius 2 is 1.62 bits per heavy atom. The van der Waals surface area contributed by atoms with Crippen LogP contribution in [0.2, 0.25) is 0 Å². The molecule has 5 heteroatoms. The van der Waals surface area contributed by atoms with E-state index in [9.17, 15) is 9.59 Å². The molecule has 1 aliphatic heterocycles. The number of hydrogen-bond acceptors (Lipinski definition) is 2. The van der Waals surface area contributed by atoms with Crippen molar-refractivity contribution in [3.8, 4) is 0 Å². The molecule has 0 radical (unpaired) electrons. The molecule has 0 bridgehead atoms. The summed E-state index contributed by atoms with van der Waals surface area (Å²) in [6.07, 6.45) is 3.22. The van der Waals surface area contributed by atoms with Crippen LogP contribution in [0.3, 0.4) is 0 Å². The highest BCUT2D eigenvalue weighted by Gasteiger charge is 2.18. The van der Waals surface area contributed by atoms with Gasteiger partial charge in [0.2, 0.25) is 5.91 Å². The van der Waals surface area contributed by atoms with E-state index < -0.39 is 0 Å². The van der Waals surface area contributed by atoms with Gasteiger partial charge in [0.1, 0.15) is 0 Å². The molecule has 0 saturated heterocycles. The van der Waals surface area contributed by atoms with E-state index in [-0.39, 0.29) is 11.8 Å². The summed E-state index contributed by atoms with van der Waals surface area (Å²) in [7, 11) is 0. The highest BCUT2D eigenvalue weighted by molar-refractivity contribution is 5.92. The highest BCUT2D eigenvalue weighted by Crippen LogP contribution is 2.17. The predicted octanol–water partition coefficient (Wildman–Crippen LogP) is 1.96. The first-order valence-electron chi connectivity index (χ1n) is 8.85. The maximum atomic E-state index is 12.3. The van der Waals surface area contributed by atoms with Crippen LogP contribution in [-0.4, -0.2) is 31.4 Å². The molecule has 2 amide bonds. The van der Waals surface area contributed by atoms with E-state index in [1.807, 2.05) is 6.07 Å². The van der Waals surface area contributed by atoms with Crippen LogP contribution >= 0.6 is 0 Å². The first-order valence-corrected chi connectivity index (χ1v) is 8.85. The Hall–Kier alpha value is -2.92. The molecular weight excluding hydrogens is 326 g/mol. The van der Waals surface area contributed by atoms with Gasteiger partial charge in [0, 0.05) is 24.7 Å². The van der Waals surface area contributed by atoms with Gasteiger partial charge in [-0.1, -0.05) is 30.3 Å². The summed E-state index contributed by atoms with van der Waals surface area (Å²) < 4.78 is 0. The summed E-state index contributed by atoms with van der Waals surface area (Å²) in [6, 6.07) is 17.5. The van der Waals surface area contributed by atoms with Crippen molar-refractivity contribution in [3.63, 3.8) is 0 Å². The number of anilines is 2. The fourth-order valence-electron chi connectivity index (χ4n) is 3.13. The zero-order valence-corrected chi connectivity index (χ0v) is 14.9. The average molecular weight is 350 g/mol. The van der Waals surface area contributed by atoms with Gasteiger partial charge in [-0.15, -0.1) is 0 Å². The molecular formula is C21H24N3O2+. The molecule has 5 nitrogen and oxygen atoms in total. The monoisotopic (exact) mass is 350 g/mol. The average Bonchev–Trinajstić information content (AvgIpc) is 2.64. The Labute approximate surface area is 153 Å². The molecule has 1 unspecified atom stereocenters. The minimum Gasteiger partial charge on any atom is -0.326 e. The molecule has 3 N–H and O–H groups in total. The zero-order chi connectivity index (χ0) is 18.4. The normalized spacial score (nSPS) is 16.5. The lowest BCUT2D eigenvalue weighted by Crippen LogP contribution is -3.13. The smallest absolute Gasteiger partial charge is 0.279 e. The molecule has 1 heterocycles. The van der Waals surface area contributed by atoms with Crippen molar-refractivity contribution in [2.45, 2.75) is 13.3 Å². The summed E-state index contributed by atoms with van der Waals surface area (Å²) in [4.78, 5) is 24.6. The van der Waals surface area contributed by atoms with E-state index in [2.05, 4.69) is 41.0 Å². The maximum absolute atomic E-state index is 12.3. The van der Waals surface area contributed by atoms with Gasteiger partial charge < -0.3 is 15.5 Å². The van der Waals surface area contributed by atoms with Crippen LogP contribution in [0.25, 0.3) is 5.57 Å². The summed E-state index contributed by atoms with van der Waals surface area (Å²) in [6.45, 7) is 3.73. The van der Waals surface area contributed by atoms with Crippen LogP contribution in [0.1, 0.15) is 18.9 Å².